The molecular formula is C20H37. The summed E-state index contributed by atoms with van der Waals surface area (Å²) in [6.45, 7) is 15.2. The molecule has 2 fully saturated rings. The zero-order chi connectivity index (χ0) is 15.0. The second kappa shape index (κ2) is 6.01. The van der Waals surface area contributed by atoms with E-state index in [4.69, 9.17) is 0 Å². The molecule has 0 bridgehead atoms. The highest BCUT2D eigenvalue weighted by Gasteiger charge is 2.47. The highest BCUT2D eigenvalue weighted by Crippen LogP contribution is 2.56. The van der Waals surface area contributed by atoms with Crippen LogP contribution in [0.4, 0.5) is 0 Å². The number of rotatable bonds is 1. The molecular weight excluding hydrogens is 240 g/mol. The topological polar surface area (TPSA) is 0 Å². The van der Waals surface area contributed by atoms with E-state index in [2.05, 4.69) is 41.5 Å². The fourth-order valence-electron chi connectivity index (χ4n) is 5.27. The van der Waals surface area contributed by atoms with Gasteiger partial charge in [0.1, 0.15) is 0 Å². The molecule has 0 aliphatic heterocycles. The molecule has 0 aromatic heterocycles. The van der Waals surface area contributed by atoms with Crippen molar-refractivity contribution in [3.63, 3.8) is 0 Å². The molecule has 0 heterocycles. The normalized spacial score (nSPS) is 39.0. The fraction of sp³-hybridized carbons (Fsp3) is 0.950. The molecule has 20 heavy (non-hydrogen) atoms. The SMILES string of the molecule is CC1CCCC(C)(C)C([C]2C(C)CCCCC2(C)C)C1. The Balaban J connectivity index is 2.32. The highest BCUT2D eigenvalue weighted by atomic mass is 14.5. The van der Waals surface area contributed by atoms with Crippen LogP contribution in [-0.2, 0) is 0 Å². The largest absolute Gasteiger partial charge is 0.0625 e. The van der Waals surface area contributed by atoms with Crippen LogP contribution in [0.5, 0.6) is 0 Å². The van der Waals surface area contributed by atoms with Gasteiger partial charge in [-0.15, -0.1) is 0 Å². The smallest absolute Gasteiger partial charge is 0.0120 e. The predicted molar refractivity (Wildman–Crippen MR) is 89.6 cm³/mol. The Morgan fingerprint density at radius 2 is 1.55 bits per heavy atom. The van der Waals surface area contributed by atoms with Gasteiger partial charge in [-0.2, -0.15) is 0 Å². The summed E-state index contributed by atoms with van der Waals surface area (Å²) < 4.78 is 0. The van der Waals surface area contributed by atoms with E-state index in [0.717, 1.165) is 17.8 Å². The second-order valence-electron chi connectivity index (χ2n) is 9.26. The van der Waals surface area contributed by atoms with E-state index in [1.165, 1.54) is 51.4 Å². The van der Waals surface area contributed by atoms with Crippen molar-refractivity contribution in [3.8, 4) is 0 Å². The molecule has 2 aliphatic carbocycles. The molecule has 0 heteroatoms. The van der Waals surface area contributed by atoms with Crippen LogP contribution in [0.25, 0.3) is 0 Å². The average Bonchev–Trinajstić information content (AvgIpc) is 2.52. The van der Waals surface area contributed by atoms with E-state index in [1.807, 2.05) is 5.92 Å². The lowest BCUT2D eigenvalue weighted by atomic mass is 9.57. The first-order valence-electron chi connectivity index (χ1n) is 9.11. The Morgan fingerprint density at radius 3 is 2.25 bits per heavy atom. The van der Waals surface area contributed by atoms with Crippen LogP contribution in [0.1, 0.15) is 92.9 Å². The standard InChI is InChI=1S/C20H37/c1-15-10-9-13-19(3,4)17(14-15)18-16(2)11-7-8-12-20(18,5)6/h15-17H,7-14H2,1-6H3. The van der Waals surface area contributed by atoms with Gasteiger partial charge in [-0.05, 0) is 53.8 Å². The second-order valence-corrected chi connectivity index (χ2v) is 9.26. The minimum absolute atomic E-state index is 0.460. The van der Waals surface area contributed by atoms with Gasteiger partial charge in [0, 0.05) is 0 Å². The van der Waals surface area contributed by atoms with Crippen molar-refractivity contribution in [2.75, 3.05) is 0 Å². The molecule has 1 radical (unpaired) electrons. The molecule has 3 unspecified atom stereocenters. The minimum Gasteiger partial charge on any atom is -0.0625 e. The molecule has 0 N–H and O–H groups in total. The lowest BCUT2D eigenvalue weighted by molar-refractivity contribution is 0.126. The fourth-order valence-corrected chi connectivity index (χ4v) is 5.27. The molecule has 0 amide bonds. The van der Waals surface area contributed by atoms with Crippen LogP contribution < -0.4 is 0 Å². The van der Waals surface area contributed by atoms with Crippen molar-refractivity contribution < 1.29 is 0 Å². The quantitative estimate of drug-likeness (QED) is 0.471. The van der Waals surface area contributed by atoms with Gasteiger partial charge in [-0.3, -0.25) is 0 Å². The summed E-state index contributed by atoms with van der Waals surface area (Å²) in [6, 6.07) is 0. The van der Waals surface area contributed by atoms with Crippen molar-refractivity contribution in [1.82, 2.24) is 0 Å². The molecule has 0 spiro atoms. The zero-order valence-electron chi connectivity index (χ0n) is 14.9. The number of hydrogen-bond donors (Lipinski definition) is 0. The van der Waals surface area contributed by atoms with Crippen LogP contribution in [0, 0.1) is 34.5 Å². The predicted octanol–water partition coefficient (Wildman–Crippen LogP) is 6.65. The van der Waals surface area contributed by atoms with Crippen LogP contribution in [-0.4, -0.2) is 0 Å². The van der Waals surface area contributed by atoms with Gasteiger partial charge in [0.25, 0.3) is 0 Å². The summed E-state index contributed by atoms with van der Waals surface area (Å²) in [4.78, 5) is 0. The third kappa shape index (κ3) is 3.42. The van der Waals surface area contributed by atoms with Crippen molar-refractivity contribution in [2.45, 2.75) is 92.9 Å². The van der Waals surface area contributed by atoms with Crippen LogP contribution in [0.15, 0.2) is 0 Å². The average molecular weight is 278 g/mol. The van der Waals surface area contributed by atoms with Crippen molar-refractivity contribution in [2.24, 2.45) is 28.6 Å². The van der Waals surface area contributed by atoms with E-state index in [1.54, 1.807) is 0 Å². The summed E-state index contributed by atoms with van der Waals surface area (Å²) in [7, 11) is 0. The lowest BCUT2D eigenvalue weighted by Gasteiger charge is -2.48. The maximum absolute atomic E-state index is 2.55. The highest BCUT2D eigenvalue weighted by molar-refractivity contribution is 5.15. The summed E-state index contributed by atoms with van der Waals surface area (Å²) in [5.74, 6) is 4.54. The number of hydrogen-bond acceptors (Lipinski definition) is 0. The molecule has 117 valence electrons. The molecule has 0 aromatic carbocycles. The van der Waals surface area contributed by atoms with Crippen molar-refractivity contribution in [3.05, 3.63) is 5.92 Å². The van der Waals surface area contributed by atoms with E-state index >= 15 is 0 Å². The first kappa shape index (κ1) is 16.4. The summed E-state index contributed by atoms with van der Waals surface area (Å²) in [5.41, 5.74) is 0.970. The molecule has 2 rings (SSSR count). The summed E-state index contributed by atoms with van der Waals surface area (Å²) in [6.07, 6.45) is 11.5. The van der Waals surface area contributed by atoms with Gasteiger partial charge in [0.2, 0.25) is 0 Å². The zero-order valence-corrected chi connectivity index (χ0v) is 14.9. The van der Waals surface area contributed by atoms with Gasteiger partial charge in [0.15, 0.2) is 0 Å². The van der Waals surface area contributed by atoms with Crippen molar-refractivity contribution >= 4 is 0 Å². The van der Waals surface area contributed by atoms with Gasteiger partial charge >= 0.3 is 0 Å². The van der Waals surface area contributed by atoms with Crippen LogP contribution in [0.3, 0.4) is 0 Å². The van der Waals surface area contributed by atoms with Gasteiger partial charge in [0.05, 0.1) is 0 Å². The molecule has 2 aliphatic rings. The van der Waals surface area contributed by atoms with Crippen LogP contribution in [0.2, 0.25) is 0 Å². The van der Waals surface area contributed by atoms with Crippen molar-refractivity contribution in [1.29, 1.82) is 0 Å². The Morgan fingerprint density at radius 1 is 0.850 bits per heavy atom. The first-order valence-corrected chi connectivity index (χ1v) is 9.11. The molecule has 0 nitrogen and oxygen atoms in total. The summed E-state index contributed by atoms with van der Waals surface area (Å²) in [5, 5.41) is 0. The molecule has 2 saturated carbocycles. The maximum Gasteiger partial charge on any atom is -0.0120 e. The van der Waals surface area contributed by atoms with E-state index in [9.17, 15) is 0 Å². The Labute approximate surface area is 128 Å². The Hall–Kier alpha value is 0. The van der Waals surface area contributed by atoms with Crippen LogP contribution >= 0.6 is 0 Å². The van der Waals surface area contributed by atoms with Gasteiger partial charge in [-0.25, -0.2) is 0 Å². The summed E-state index contributed by atoms with van der Waals surface area (Å²) >= 11 is 0. The lowest BCUT2D eigenvalue weighted by Crippen LogP contribution is -2.39. The minimum atomic E-state index is 0.460. The molecule has 0 saturated heterocycles. The Kier molecular flexibility index (Phi) is 4.92. The first-order chi connectivity index (χ1) is 9.24. The monoisotopic (exact) mass is 277 g/mol. The van der Waals surface area contributed by atoms with E-state index < -0.39 is 0 Å². The van der Waals surface area contributed by atoms with E-state index in [-0.39, 0.29) is 0 Å². The van der Waals surface area contributed by atoms with Gasteiger partial charge < -0.3 is 0 Å². The molecule has 3 atom stereocenters. The third-order valence-electron chi connectivity index (χ3n) is 6.48. The Bertz CT molecular complexity index is 312. The third-order valence-corrected chi connectivity index (χ3v) is 6.48. The van der Waals surface area contributed by atoms with Gasteiger partial charge in [-0.1, -0.05) is 73.6 Å². The molecule has 0 aromatic rings. The van der Waals surface area contributed by atoms with E-state index in [0.29, 0.717) is 10.8 Å². The maximum atomic E-state index is 2.55.